The van der Waals surface area contributed by atoms with Crippen LogP contribution in [0.3, 0.4) is 0 Å². The quantitative estimate of drug-likeness (QED) is 0.0139. The highest BCUT2D eigenvalue weighted by atomic mass is 16.7. The van der Waals surface area contributed by atoms with Crippen molar-refractivity contribution in [1.29, 1.82) is 0 Å². The molecule has 2 heterocycles. The van der Waals surface area contributed by atoms with Crippen LogP contribution < -0.4 is 0 Å². The van der Waals surface area contributed by atoms with Crippen LogP contribution in [0, 0.1) is 0 Å². The number of carbonyl (C=O) groups excluding carboxylic acids is 2. The molecule has 0 aromatic rings. The van der Waals surface area contributed by atoms with E-state index in [0.29, 0.717) is 19.3 Å². The summed E-state index contributed by atoms with van der Waals surface area (Å²) in [7, 11) is 0. The zero-order valence-corrected chi connectivity index (χ0v) is 42.0. The number of esters is 2. The van der Waals surface area contributed by atoms with Crippen LogP contribution in [0.15, 0.2) is 97.2 Å². The van der Waals surface area contributed by atoms with E-state index in [-0.39, 0.29) is 19.4 Å². The van der Waals surface area contributed by atoms with Crippen molar-refractivity contribution in [2.24, 2.45) is 0 Å². The van der Waals surface area contributed by atoms with E-state index in [1.165, 1.54) is 44.9 Å². The highest BCUT2D eigenvalue weighted by Crippen LogP contribution is 2.26. The van der Waals surface area contributed by atoms with Crippen molar-refractivity contribution in [1.82, 2.24) is 0 Å². The molecule has 15 heteroatoms. The fourth-order valence-electron chi connectivity index (χ4n) is 7.50. The Bertz CT molecular complexity index is 1580. The SMILES string of the molecule is CC/C=C/C=C/C=C/C=C/C=C/CCCC(=O)OC(COC(=O)CCCCCCCCCCCCC/C=C/C/C=C/C/C=C/CC)CO[C@@H]1O[C@H](CO[C@@H]2O[C@H](CO)[C@H](O)C(O)C2O)[C@H](O)C(O)C1O. The van der Waals surface area contributed by atoms with E-state index in [2.05, 4.69) is 56.4 Å². The van der Waals surface area contributed by atoms with E-state index in [1.54, 1.807) is 0 Å². The Morgan fingerprint density at radius 2 is 0.943 bits per heavy atom. The van der Waals surface area contributed by atoms with Crippen LogP contribution in [-0.4, -0.2) is 142 Å². The summed E-state index contributed by atoms with van der Waals surface area (Å²) in [5, 5.41) is 72.1. The van der Waals surface area contributed by atoms with Gasteiger partial charge in [-0.05, 0) is 57.8 Å². The molecule has 2 aliphatic heterocycles. The number of allylic oxidation sites excluding steroid dienone is 16. The van der Waals surface area contributed by atoms with Crippen LogP contribution in [0.5, 0.6) is 0 Å². The Kier molecular flexibility index (Phi) is 36.6. The molecule has 2 aliphatic rings. The van der Waals surface area contributed by atoms with E-state index in [1.807, 2.05) is 54.7 Å². The number of aliphatic hydroxyl groups excluding tert-OH is 7. The predicted molar refractivity (Wildman–Crippen MR) is 270 cm³/mol. The summed E-state index contributed by atoms with van der Waals surface area (Å²) < 4.78 is 33.5. The highest BCUT2D eigenvalue weighted by Gasteiger charge is 2.47. The molecule has 398 valence electrons. The van der Waals surface area contributed by atoms with Crippen molar-refractivity contribution >= 4 is 11.9 Å². The van der Waals surface area contributed by atoms with E-state index in [9.17, 15) is 45.3 Å². The Morgan fingerprint density at radius 1 is 0.471 bits per heavy atom. The van der Waals surface area contributed by atoms with Crippen LogP contribution in [-0.2, 0) is 38.0 Å². The first-order valence-corrected chi connectivity index (χ1v) is 25.9. The largest absolute Gasteiger partial charge is 0.462 e. The Labute approximate surface area is 417 Å². The van der Waals surface area contributed by atoms with Gasteiger partial charge in [0.1, 0.15) is 55.4 Å². The molecule has 11 atom stereocenters. The molecule has 2 rings (SSSR count). The second-order valence-corrected chi connectivity index (χ2v) is 17.7. The molecule has 0 saturated carbocycles. The zero-order valence-electron chi connectivity index (χ0n) is 42.0. The third-order valence-electron chi connectivity index (χ3n) is 11.7. The Morgan fingerprint density at radius 3 is 1.54 bits per heavy atom. The minimum atomic E-state index is -1.78. The predicted octanol–water partition coefficient (Wildman–Crippen LogP) is 7.37. The molecule has 15 nitrogen and oxygen atoms in total. The molecule has 2 fully saturated rings. The molecule has 0 aliphatic carbocycles. The molecule has 2 saturated heterocycles. The maximum atomic E-state index is 13.0. The fraction of sp³-hybridized carbons (Fsp3) is 0.673. The van der Waals surface area contributed by atoms with Gasteiger partial charge in [-0.3, -0.25) is 9.59 Å². The third kappa shape index (κ3) is 28.5. The first kappa shape index (κ1) is 62.5. The standard InChI is InChI=1S/C55H88O15/c1-3-5-7-9-11-13-15-17-18-19-20-21-22-23-24-26-27-29-31-33-35-37-46(57)65-40-43(68-47(58)38-36-34-32-30-28-25-16-14-12-10-8-6-4-2)41-66-54-53(64)51(62)49(60)45(70-54)42-67-55-52(63)50(61)48(59)44(39-56)69-55/h5-8,10-14,16-18,25,28,30,32,43-45,48-56,59-64H,3-4,9,15,19-24,26-27,29,31,33-42H2,1-2H3/b7-5+,8-6+,12-10+,13-11+,16-14+,18-17+,28-25+,32-30+/t43?,44-,45-,48+,49+,50?,51?,52?,53?,54-,55-/m1/s1. The topological polar surface area (TPSA) is 231 Å². The molecule has 0 aromatic carbocycles. The molecule has 5 unspecified atom stereocenters. The summed E-state index contributed by atoms with van der Waals surface area (Å²) in [5.74, 6) is -1.02. The molecular weight excluding hydrogens is 901 g/mol. The number of unbranched alkanes of at least 4 members (excludes halogenated alkanes) is 12. The summed E-state index contributed by atoms with van der Waals surface area (Å²) in [6.45, 7) is 2.23. The van der Waals surface area contributed by atoms with Crippen molar-refractivity contribution < 1.29 is 73.8 Å². The highest BCUT2D eigenvalue weighted by molar-refractivity contribution is 5.70. The van der Waals surface area contributed by atoms with E-state index < -0.39 is 99.3 Å². The van der Waals surface area contributed by atoms with Gasteiger partial charge in [-0.15, -0.1) is 0 Å². The third-order valence-corrected chi connectivity index (χ3v) is 11.7. The maximum absolute atomic E-state index is 13.0. The van der Waals surface area contributed by atoms with Gasteiger partial charge in [0, 0.05) is 12.8 Å². The van der Waals surface area contributed by atoms with Crippen LogP contribution in [0.1, 0.15) is 142 Å². The number of hydrogen-bond acceptors (Lipinski definition) is 15. The minimum Gasteiger partial charge on any atom is -0.462 e. The summed E-state index contributed by atoms with van der Waals surface area (Å²) >= 11 is 0. The van der Waals surface area contributed by atoms with Crippen molar-refractivity contribution in [3.63, 3.8) is 0 Å². The van der Waals surface area contributed by atoms with E-state index in [0.717, 1.165) is 51.4 Å². The number of aliphatic hydroxyl groups is 7. The second kappa shape index (κ2) is 41.0. The van der Waals surface area contributed by atoms with Crippen LogP contribution in [0.2, 0.25) is 0 Å². The Hall–Kier alpha value is -3.58. The molecule has 0 aromatic heterocycles. The zero-order chi connectivity index (χ0) is 51.0. The van der Waals surface area contributed by atoms with Crippen LogP contribution in [0.25, 0.3) is 0 Å². The lowest BCUT2D eigenvalue weighted by molar-refractivity contribution is -0.332. The lowest BCUT2D eigenvalue weighted by Gasteiger charge is -2.42. The second-order valence-electron chi connectivity index (χ2n) is 17.7. The van der Waals surface area contributed by atoms with Gasteiger partial charge in [-0.2, -0.15) is 0 Å². The molecule has 0 amide bonds. The Balaban J connectivity index is 1.80. The number of carbonyl (C=O) groups is 2. The minimum absolute atomic E-state index is 0.0630. The summed E-state index contributed by atoms with van der Waals surface area (Å²) in [5.41, 5.74) is 0. The number of rotatable bonds is 38. The molecule has 7 N–H and O–H groups in total. The smallest absolute Gasteiger partial charge is 0.306 e. The number of ether oxygens (including phenoxy) is 6. The van der Waals surface area contributed by atoms with Gasteiger partial charge in [-0.25, -0.2) is 0 Å². The molecule has 0 bridgehead atoms. The molecule has 0 spiro atoms. The van der Waals surface area contributed by atoms with Crippen molar-refractivity contribution in [3.05, 3.63) is 97.2 Å². The van der Waals surface area contributed by atoms with Crippen molar-refractivity contribution in [2.45, 2.75) is 210 Å². The van der Waals surface area contributed by atoms with Gasteiger partial charge in [0.2, 0.25) is 0 Å². The van der Waals surface area contributed by atoms with Gasteiger partial charge in [-0.1, -0.05) is 169 Å². The monoisotopic (exact) mass is 989 g/mol. The van der Waals surface area contributed by atoms with Gasteiger partial charge in [0.05, 0.1) is 19.8 Å². The summed E-state index contributed by atoms with van der Waals surface area (Å²) in [4.78, 5) is 25.7. The average Bonchev–Trinajstić information content (AvgIpc) is 3.35. The first-order valence-electron chi connectivity index (χ1n) is 25.9. The normalized spacial score (nSPS) is 26.2. The summed E-state index contributed by atoms with van der Waals surface area (Å²) in [6, 6.07) is 0. The molecule has 70 heavy (non-hydrogen) atoms. The first-order chi connectivity index (χ1) is 34.0. The number of hydrogen-bond donors (Lipinski definition) is 7. The van der Waals surface area contributed by atoms with Gasteiger partial charge >= 0.3 is 11.9 Å². The lowest BCUT2D eigenvalue weighted by Crippen LogP contribution is -2.61. The molecular formula is C55H88O15. The fourth-order valence-corrected chi connectivity index (χ4v) is 7.50. The van der Waals surface area contributed by atoms with Crippen LogP contribution >= 0.6 is 0 Å². The van der Waals surface area contributed by atoms with E-state index >= 15 is 0 Å². The van der Waals surface area contributed by atoms with Gasteiger partial charge in [0.15, 0.2) is 18.7 Å². The van der Waals surface area contributed by atoms with Crippen LogP contribution in [0.4, 0.5) is 0 Å². The van der Waals surface area contributed by atoms with Gasteiger partial charge in [0.25, 0.3) is 0 Å². The van der Waals surface area contributed by atoms with Crippen molar-refractivity contribution in [3.8, 4) is 0 Å². The van der Waals surface area contributed by atoms with Gasteiger partial charge < -0.3 is 64.2 Å². The average molecular weight is 989 g/mol. The van der Waals surface area contributed by atoms with Crippen molar-refractivity contribution in [2.75, 3.05) is 26.4 Å². The van der Waals surface area contributed by atoms with E-state index in [4.69, 9.17) is 28.4 Å². The lowest BCUT2D eigenvalue weighted by atomic mass is 9.98. The molecule has 0 radical (unpaired) electrons. The summed E-state index contributed by atoms with van der Waals surface area (Å²) in [6.07, 6.45) is 34.5. The maximum Gasteiger partial charge on any atom is 0.306 e.